The van der Waals surface area contributed by atoms with Crippen LogP contribution in [0.15, 0.2) is 24.3 Å². The molecular formula is C50H95NO11. The minimum absolute atomic E-state index is 0.198. The predicted octanol–water partition coefficient (Wildman–Crippen LogP) is 7.98. The third-order valence-corrected chi connectivity index (χ3v) is 12.3. The standard InChI is InChI=1S/C50H95NO11/c1-3-5-7-9-11-13-15-16-17-18-19-20-21-22-23-24-25-27-29-31-33-35-37-42(54)49(60)51-40(39-61-50-48(59)47(58)46(57)43(38-52)62-50)44(55)45(56)41(53)36-34-32-30-28-26-14-12-10-8-6-4-2/h16-17,34,36,40-48,50,52-59H,3-15,18-33,35,37-39H2,1-2H3,(H,51,60). The van der Waals surface area contributed by atoms with Gasteiger partial charge in [0.15, 0.2) is 6.29 Å². The van der Waals surface area contributed by atoms with Crippen molar-refractivity contribution in [2.45, 2.75) is 274 Å². The molecule has 9 N–H and O–H groups in total. The smallest absolute Gasteiger partial charge is 0.249 e. The van der Waals surface area contributed by atoms with Gasteiger partial charge in [-0.25, -0.2) is 0 Å². The Bertz CT molecular complexity index is 1080. The van der Waals surface area contributed by atoms with Crippen molar-refractivity contribution in [2.75, 3.05) is 13.2 Å². The van der Waals surface area contributed by atoms with Gasteiger partial charge in [0.2, 0.25) is 5.91 Å². The molecule has 12 nitrogen and oxygen atoms in total. The van der Waals surface area contributed by atoms with Crippen LogP contribution in [-0.4, -0.2) is 121 Å². The van der Waals surface area contributed by atoms with Crippen LogP contribution in [0.3, 0.4) is 0 Å². The van der Waals surface area contributed by atoms with E-state index in [-0.39, 0.29) is 6.42 Å². The lowest BCUT2D eigenvalue weighted by molar-refractivity contribution is -0.303. The Morgan fingerprint density at radius 3 is 1.44 bits per heavy atom. The number of hydrogen-bond acceptors (Lipinski definition) is 11. The van der Waals surface area contributed by atoms with Crippen LogP contribution < -0.4 is 5.32 Å². The quantitative estimate of drug-likeness (QED) is 0.0212. The van der Waals surface area contributed by atoms with Gasteiger partial charge in [-0.15, -0.1) is 0 Å². The number of carbonyl (C=O) groups excluding carboxylic acids is 1. The van der Waals surface area contributed by atoms with Gasteiger partial charge in [-0.2, -0.15) is 0 Å². The Hall–Kier alpha value is -1.45. The fourth-order valence-electron chi connectivity index (χ4n) is 8.05. The van der Waals surface area contributed by atoms with E-state index in [0.29, 0.717) is 12.8 Å². The maximum atomic E-state index is 13.1. The Labute approximate surface area is 377 Å². The monoisotopic (exact) mass is 886 g/mol. The average molecular weight is 886 g/mol. The molecule has 1 saturated heterocycles. The second kappa shape index (κ2) is 39.9. The summed E-state index contributed by atoms with van der Waals surface area (Å²) >= 11 is 0. The summed E-state index contributed by atoms with van der Waals surface area (Å²) in [5.74, 6) is -0.797. The van der Waals surface area contributed by atoms with Gasteiger partial charge in [0.1, 0.15) is 48.8 Å². The normalized spacial score (nSPS) is 22.0. The van der Waals surface area contributed by atoms with Crippen molar-refractivity contribution in [3.63, 3.8) is 0 Å². The van der Waals surface area contributed by atoms with E-state index in [4.69, 9.17) is 9.47 Å². The SMILES string of the molecule is CCCCCCCCC=CCCCCCCCCCCCCCCC(O)C(=O)NC(COC1OC(CO)C(O)C(O)C1O)C(O)C(O)C(O)C=CCCCCCCCCCCC. The Kier molecular flexibility index (Phi) is 37.7. The van der Waals surface area contributed by atoms with E-state index in [9.17, 15) is 45.6 Å². The van der Waals surface area contributed by atoms with E-state index < -0.39 is 80.3 Å². The molecule has 0 aromatic heterocycles. The zero-order valence-electron chi connectivity index (χ0n) is 39.2. The topological polar surface area (TPSA) is 209 Å². The van der Waals surface area contributed by atoms with E-state index in [2.05, 4.69) is 31.3 Å². The molecule has 10 atom stereocenters. The third-order valence-electron chi connectivity index (χ3n) is 12.3. The van der Waals surface area contributed by atoms with E-state index in [1.54, 1.807) is 6.08 Å². The highest BCUT2D eigenvalue weighted by Crippen LogP contribution is 2.23. The summed E-state index contributed by atoms with van der Waals surface area (Å²) in [6, 6.07) is -1.37. The summed E-state index contributed by atoms with van der Waals surface area (Å²) < 4.78 is 11.0. The van der Waals surface area contributed by atoms with Crippen LogP contribution in [-0.2, 0) is 14.3 Å². The highest BCUT2D eigenvalue weighted by atomic mass is 16.7. The number of rotatable bonds is 42. The van der Waals surface area contributed by atoms with Crippen molar-refractivity contribution in [3.05, 3.63) is 24.3 Å². The van der Waals surface area contributed by atoms with Crippen molar-refractivity contribution in [1.29, 1.82) is 0 Å². The first-order valence-corrected chi connectivity index (χ1v) is 25.3. The van der Waals surface area contributed by atoms with Gasteiger partial charge in [-0.05, 0) is 44.9 Å². The van der Waals surface area contributed by atoms with Crippen LogP contribution in [0, 0.1) is 0 Å². The second-order valence-corrected chi connectivity index (χ2v) is 18.0. The summed E-state index contributed by atoms with van der Waals surface area (Å²) in [4.78, 5) is 13.1. The van der Waals surface area contributed by atoms with Gasteiger partial charge in [0.25, 0.3) is 0 Å². The van der Waals surface area contributed by atoms with E-state index in [1.165, 1.54) is 147 Å². The van der Waals surface area contributed by atoms with Crippen LogP contribution >= 0.6 is 0 Å². The third kappa shape index (κ3) is 28.5. The number of amides is 1. The average Bonchev–Trinajstić information content (AvgIpc) is 3.27. The molecule has 0 aliphatic carbocycles. The van der Waals surface area contributed by atoms with Crippen LogP contribution in [0.5, 0.6) is 0 Å². The van der Waals surface area contributed by atoms with Crippen molar-refractivity contribution >= 4 is 5.91 Å². The molecule has 1 aliphatic heterocycles. The fraction of sp³-hybridized carbons (Fsp3) is 0.900. The minimum atomic E-state index is -1.77. The molecule has 1 heterocycles. The minimum Gasteiger partial charge on any atom is -0.394 e. The maximum Gasteiger partial charge on any atom is 0.249 e. The number of unbranched alkanes of at least 4 members (excludes halogenated alkanes) is 27. The molecule has 10 unspecified atom stereocenters. The van der Waals surface area contributed by atoms with Crippen molar-refractivity contribution in [2.24, 2.45) is 0 Å². The number of carbonyl (C=O) groups is 1. The van der Waals surface area contributed by atoms with Crippen LogP contribution in [0.2, 0.25) is 0 Å². The molecule has 0 aromatic carbocycles. The summed E-state index contributed by atoms with van der Waals surface area (Å²) in [6.07, 6.45) is 29.6. The molecule has 62 heavy (non-hydrogen) atoms. The number of hydrogen-bond donors (Lipinski definition) is 9. The zero-order chi connectivity index (χ0) is 45.6. The molecule has 0 bridgehead atoms. The molecule has 1 fully saturated rings. The van der Waals surface area contributed by atoms with E-state index >= 15 is 0 Å². The number of aliphatic hydroxyl groups is 8. The largest absolute Gasteiger partial charge is 0.394 e. The highest BCUT2D eigenvalue weighted by Gasteiger charge is 2.45. The molecule has 0 spiro atoms. The predicted molar refractivity (Wildman–Crippen MR) is 248 cm³/mol. The maximum absolute atomic E-state index is 13.1. The Balaban J connectivity index is 2.42. The summed E-state index contributed by atoms with van der Waals surface area (Å²) in [5, 5.41) is 86.3. The summed E-state index contributed by atoms with van der Waals surface area (Å²) in [6.45, 7) is 3.23. The summed E-state index contributed by atoms with van der Waals surface area (Å²) in [7, 11) is 0. The molecular weight excluding hydrogens is 791 g/mol. The number of ether oxygens (including phenoxy) is 2. The molecule has 0 aromatic rings. The fourth-order valence-corrected chi connectivity index (χ4v) is 8.05. The number of aliphatic hydroxyl groups excluding tert-OH is 8. The van der Waals surface area contributed by atoms with Gasteiger partial charge in [0, 0.05) is 0 Å². The highest BCUT2D eigenvalue weighted by molar-refractivity contribution is 5.80. The first-order valence-electron chi connectivity index (χ1n) is 25.3. The van der Waals surface area contributed by atoms with Crippen LogP contribution in [0.4, 0.5) is 0 Å². The van der Waals surface area contributed by atoms with Gasteiger partial charge in [0.05, 0.1) is 19.3 Å². The van der Waals surface area contributed by atoms with Crippen molar-refractivity contribution < 1.29 is 55.1 Å². The molecule has 1 amide bonds. The first-order chi connectivity index (χ1) is 30.1. The van der Waals surface area contributed by atoms with Crippen LogP contribution in [0.1, 0.15) is 213 Å². The van der Waals surface area contributed by atoms with E-state index in [0.717, 1.165) is 38.5 Å². The Morgan fingerprint density at radius 1 is 0.565 bits per heavy atom. The molecule has 12 heteroatoms. The van der Waals surface area contributed by atoms with Gasteiger partial charge in [-0.3, -0.25) is 4.79 Å². The lowest BCUT2D eigenvalue weighted by Crippen LogP contribution is -2.60. The van der Waals surface area contributed by atoms with Gasteiger partial charge >= 0.3 is 0 Å². The lowest BCUT2D eigenvalue weighted by atomic mass is 9.98. The molecule has 1 rings (SSSR count). The number of allylic oxidation sites excluding steroid dienone is 3. The van der Waals surface area contributed by atoms with Gasteiger partial charge < -0.3 is 55.6 Å². The molecule has 366 valence electrons. The lowest BCUT2D eigenvalue weighted by Gasteiger charge is -2.40. The summed E-state index contributed by atoms with van der Waals surface area (Å²) in [5.41, 5.74) is 0. The molecule has 0 saturated carbocycles. The zero-order valence-corrected chi connectivity index (χ0v) is 39.2. The second-order valence-electron chi connectivity index (χ2n) is 18.0. The van der Waals surface area contributed by atoms with Crippen molar-refractivity contribution in [3.8, 4) is 0 Å². The van der Waals surface area contributed by atoms with Crippen LogP contribution in [0.25, 0.3) is 0 Å². The molecule has 0 radical (unpaired) electrons. The van der Waals surface area contributed by atoms with E-state index in [1.807, 2.05) is 0 Å². The molecule has 1 aliphatic rings. The number of nitrogens with one attached hydrogen (secondary N) is 1. The van der Waals surface area contributed by atoms with Crippen molar-refractivity contribution in [1.82, 2.24) is 5.32 Å². The first kappa shape index (κ1) is 58.6. The Morgan fingerprint density at radius 2 is 0.984 bits per heavy atom. The van der Waals surface area contributed by atoms with Gasteiger partial charge in [-0.1, -0.05) is 192 Å².